The summed E-state index contributed by atoms with van der Waals surface area (Å²) in [7, 11) is 3.55. The average Bonchev–Trinajstić information content (AvgIpc) is 4.07. The summed E-state index contributed by atoms with van der Waals surface area (Å²) >= 11 is 1.38. The summed E-state index contributed by atoms with van der Waals surface area (Å²) < 4.78 is 6.95. The predicted octanol–water partition coefficient (Wildman–Crippen LogP) is 4.17. The molecule has 1 aromatic heterocycles. The molecule has 370 valence electrons. The third-order valence-corrected chi connectivity index (χ3v) is 17.4. The van der Waals surface area contributed by atoms with E-state index in [2.05, 4.69) is 61.6 Å². The van der Waals surface area contributed by atoms with Crippen molar-refractivity contribution in [3.63, 3.8) is 0 Å². The Labute approximate surface area is 407 Å². The lowest BCUT2D eigenvalue weighted by molar-refractivity contribution is -0.164. The average molecular weight is 967 g/mol. The maximum absolute atomic E-state index is 15.8. The first kappa shape index (κ1) is 50.3. The van der Waals surface area contributed by atoms with Crippen LogP contribution in [0.15, 0.2) is 71.3 Å². The molecule has 9 N–H and O–H groups in total. The number of likely N-dealkylation sites (N-methyl/N-ethyl adjacent to an activating group) is 1. The smallest absolute Gasteiger partial charge is 0.353 e. The van der Waals surface area contributed by atoms with Crippen molar-refractivity contribution in [3.05, 3.63) is 88.0 Å². The van der Waals surface area contributed by atoms with E-state index in [9.17, 15) is 39.6 Å². The summed E-state index contributed by atoms with van der Waals surface area (Å²) in [6.45, 7) is -0.0772. The van der Waals surface area contributed by atoms with E-state index in [-0.39, 0.29) is 29.7 Å². The molecule has 2 fully saturated rings. The number of aromatic nitrogens is 1. The molecular weight excluding hydrogens is 901 g/mol. The number of rotatable bonds is 17. The Bertz CT molecular complexity index is 2430. The van der Waals surface area contributed by atoms with Crippen molar-refractivity contribution in [2.45, 2.75) is 144 Å². The van der Waals surface area contributed by atoms with Crippen LogP contribution in [0.5, 0.6) is 0 Å². The summed E-state index contributed by atoms with van der Waals surface area (Å²) in [5.74, 6) is 2.44. The fourth-order valence-electron chi connectivity index (χ4n) is 12.6. The highest BCUT2D eigenvalue weighted by Crippen LogP contribution is 2.65. The molecule has 2 aromatic rings. The van der Waals surface area contributed by atoms with Gasteiger partial charge in [-0.15, -0.1) is 11.8 Å². The second-order valence-corrected chi connectivity index (χ2v) is 21.0. The number of nitrogens with zero attached hydrogens (tertiary/aromatic N) is 1. The molecule has 2 amide bonds. The van der Waals surface area contributed by atoms with Gasteiger partial charge in [0.1, 0.15) is 11.8 Å². The highest BCUT2D eigenvalue weighted by molar-refractivity contribution is 8.00. The summed E-state index contributed by atoms with van der Waals surface area (Å²) in [6.07, 6.45) is 12.6. The van der Waals surface area contributed by atoms with E-state index in [1.807, 2.05) is 25.2 Å². The van der Waals surface area contributed by atoms with Gasteiger partial charge in [-0.1, -0.05) is 73.8 Å². The van der Waals surface area contributed by atoms with Gasteiger partial charge in [-0.25, -0.2) is 14.4 Å². The number of allylic oxidation sites excluding steroid dienone is 1. The predicted molar refractivity (Wildman–Crippen MR) is 258 cm³/mol. The molecule has 8 atom stereocenters. The molecular formula is C52H66N6O10S. The summed E-state index contributed by atoms with van der Waals surface area (Å²) in [6, 6.07) is 11.2. The van der Waals surface area contributed by atoms with E-state index < -0.39 is 76.8 Å². The van der Waals surface area contributed by atoms with Crippen LogP contribution >= 0.6 is 11.8 Å². The maximum atomic E-state index is 15.8. The topological polar surface area (TPSA) is 249 Å². The van der Waals surface area contributed by atoms with Crippen molar-refractivity contribution in [1.82, 2.24) is 31.6 Å². The van der Waals surface area contributed by atoms with Crippen molar-refractivity contribution < 1.29 is 49.1 Å². The number of aliphatic hydroxyl groups excluding tert-OH is 1. The Balaban J connectivity index is 1.27. The largest absolute Gasteiger partial charge is 0.478 e. The number of thioether (sulfide) groups is 1. The van der Waals surface area contributed by atoms with Crippen LogP contribution in [0.1, 0.15) is 119 Å². The fraction of sp³-hybridized carbons (Fsp3) is 0.577. The minimum Gasteiger partial charge on any atom is -0.478 e. The first-order chi connectivity index (χ1) is 33.2. The Morgan fingerprint density at radius 2 is 1.70 bits per heavy atom. The van der Waals surface area contributed by atoms with Crippen molar-refractivity contribution >= 4 is 41.5 Å². The van der Waals surface area contributed by atoms with Crippen molar-refractivity contribution in [3.8, 4) is 11.8 Å². The second-order valence-electron chi connectivity index (χ2n) is 19.9. The van der Waals surface area contributed by atoms with Crippen molar-refractivity contribution in [2.75, 3.05) is 26.5 Å². The quantitative estimate of drug-likeness (QED) is 0.0467. The minimum absolute atomic E-state index is 0.0772. The van der Waals surface area contributed by atoms with Crippen LogP contribution in [-0.4, -0.2) is 110 Å². The number of carbonyl (C=O) groups excluding carboxylic acids is 3. The minimum atomic E-state index is -2.47. The summed E-state index contributed by atoms with van der Waals surface area (Å²) in [4.78, 5) is 71.5. The molecule has 2 saturated carbocycles. The zero-order valence-corrected chi connectivity index (χ0v) is 40.4. The van der Waals surface area contributed by atoms with Crippen LogP contribution in [0.25, 0.3) is 0 Å². The third-order valence-electron chi connectivity index (χ3n) is 15.8. The summed E-state index contributed by atoms with van der Waals surface area (Å²) in [5, 5.41) is 53.7. The Kier molecular flexibility index (Phi) is 15.4. The van der Waals surface area contributed by atoms with Crippen molar-refractivity contribution in [1.29, 1.82) is 0 Å². The number of hydrogen-bond donors (Lipinski definition) is 9. The van der Waals surface area contributed by atoms with E-state index in [1.54, 1.807) is 19.4 Å². The maximum Gasteiger partial charge on any atom is 0.353 e. The number of pyridine rings is 1. The Morgan fingerprint density at radius 3 is 2.41 bits per heavy atom. The molecule has 69 heavy (non-hydrogen) atoms. The molecule has 5 aliphatic carbocycles. The lowest BCUT2D eigenvalue weighted by Gasteiger charge is -2.47. The molecule has 1 aliphatic heterocycles. The van der Waals surface area contributed by atoms with Gasteiger partial charge >= 0.3 is 17.9 Å². The number of aliphatic hydroxyl groups is 2. The number of amides is 2. The number of carboxylic acid groups (broad SMARTS) is 2. The molecule has 16 nitrogen and oxygen atoms in total. The molecule has 2 heterocycles. The molecule has 0 saturated heterocycles. The van der Waals surface area contributed by atoms with Crippen LogP contribution in [-0.2, 0) is 41.6 Å². The first-order valence-corrected chi connectivity index (χ1v) is 25.6. The van der Waals surface area contributed by atoms with Gasteiger partial charge in [0.2, 0.25) is 23.8 Å². The van der Waals surface area contributed by atoms with Gasteiger partial charge in [0.15, 0.2) is 5.41 Å². The molecule has 17 heteroatoms. The van der Waals surface area contributed by atoms with Crippen LogP contribution < -0.4 is 26.6 Å². The van der Waals surface area contributed by atoms with E-state index in [0.29, 0.717) is 25.0 Å². The molecule has 1 aromatic carbocycles. The van der Waals surface area contributed by atoms with Gasteiger partial charge in [-0.05, 0) is 124 Å². The summed E-state index contributed by atoms with van der Waals surface area (Å²) in [5.41, 5.74) is 1.77. The number of aliphatic carboxylic acids is 2. The zero-order chi connectivity index (χ0) is 49.0. The number of benzene rings is 1. The van der Waals surface area contributed by atoms with Gasteiger partial charge in [0.05, 0.1) is 5.25 Å². The lowest BCUT2D eigenvalue weighted by Crippen LogP contribution is -2.56. The normalized spacial score (nSPS) is 27.6. The van der Waals surface area contributed by atoms with Gasteiger partial charge < -0.3 is 46.4 Å². The second kappa shape index (κ2) is 21.1. The third kappa shape index (κ3) is 9.98. The molecule has 8 rings (SSSR count). The molecule has 6 aliphatic rings. The van der Waals surface area contributed by atoms with Gasteiger partial charge in [-0.3, -0.25) is 19.9 Å². The molecule has 2 spiro atoms. The number of carboxylic acids is 2. The number of nitrogens with one attached hydrogen (secondary N) is 5. The fourth-order valence-corrected chi connectivity index (χ4v) is 14.2. The van der Waals surface area contributed by atoms with Crippen LogP contribution in [0, 0.1) is 28.6 Å². The van der Waals surface area contributed by atoms with E-state index in [0.717, 1.165) is 99.3 Å². The number of carbonyl (C=O) groups is 5. The SMILES string of the molecule is CNCNC(O)(CCC(=O)NC(CSC1C2=C3C(CCCCCC14CCCC4)CC(Cc1ccncc1)=C1C4(NC)CCC(C4)c4ccccc4CC#CC31C(=O)O2)C(=O)NC(O)C(=O)O)C(=O)O. The van der Waals surface area contributed by atoms with Gasteiger partial charge in [-0.2, -0.15) is 0 Å². The van der Waals surface area contributed by atoms with Crippen molar-refractivity contribution in [2.24, 2.45) is 16.7 Å². The first-order valence-electron chi connectivity index (χ1n) is 24.5. The van der Waals surface area contributed by atoms with E-state index >= 15 is 4.79 Å². The van der Waals surface area contributed by atoms with E-state index in [4.69, 9.17) is 4.74 Å². The highest BCUT2D eigenvalue weighted by atomic mass is 32.2. The zero-order valence-electron chi connectivity index (χ0n) is 39.5. The van der Waals surface area contributed by atoms with Gasteiger partial charge in [0.25, 0.3) is 0 Å². The Hall–Kier alpha value is -5.09. The number of hydrogen-bond acceptors (Lipinski definition) is 13. The van der Waals surface area contributed by atoms with Gasteiger partial charge in [0, 0.05) is 55.2 Å². The lowest BCUT2D eigenvalue weighted by atomic mass is 9.55. The van der Waals surface area contributed by atoms with Crippen LogP contribution in [0.2, 0.25) is 0 Å². The highest BCUT2D eigenvalue weighted by Gasteiger charge is 2.65. The number of ether oxygens (including phenoxy) is 1. The monoisotopic (exact) mass is 966 g/mol. The van der Waals surface area contributed by atoms with Crippen LogP contribution in [0.4, 0.5) is 0 Å². The Morgan fingerprint density at radius 1 is 0.957 bits per heavy atom. The molecule has 8 unspecified atom stereocenters. The molecule has 2 bridgehead atoms. The number of fused-ring (bicyclic) bond motifs is 5. The standard InChI is InChI=1S/C52H66N6O10S/c1-53-31-56-52(67,47(64)65)24-16-39(59)57-38(44(60)58-45(61)46(62)63)30-69-43-41-40-34(12-4-3-7-19-49(43)20-8-9-21-49)28-36(27-32-17-25-55-26-18-32)42-50(54-2)23-15-35(29-50)37-14-6-5-11-33(37)13-10-22-51(40,42)48(66)68-41/h5-6,11,14,17-18,25-26,34-35,38,43,45,53-54,56,61,67H,3-4,7-9,12-13,15-16,19-21,23-24,27-31H2,1-2H3,(H,57,59)(H,58,60)(H,62,63)(H,64,65). The van der Waals surface area contributed by atoms with Crippen LogP contribution in [0.3, 0.4) is 0 Å². The molecule has 0 radical (unpaired) electrons. The number of esters is 1. The van der Waals surface area contributed by atoms with E-state index in [1.165, 1.54) is 22.9 Å².